The van der Waals surface area contributed by atoms with Crippen molar-refractivity contribution in [2.45, 2.75) is 39.0 Å². The Bertz CT molecular complexity index is 1530. The molecule has 1 saturated heterocycles. The monoisotopic (exact) mass is 628 g/mol. The SMILES string of the molecule is Cc1ccc(NC(=S)N(Cc2ccccc2)[C@@H]2CS(=O)(=O)C[C@H]2N(Cc2ccccc2)C(=S)Nc2ccc(C)cc2)cc1. The first-order chi connectivity index (χ1) is 20.7. The second-order valence-electron chi connectivity index (χ2n) is 11.0. The van der Waals surface area contributed by atoms with Crippen LogP contribution in [0.1, 0.15) is 22.3 Å². The first kappa shape index (κ1) is 30.7. The third-order valence-corrected chi connectivity index (χ3v) is 9.99. The van der Waals surface area contributed by atoms with Crippen LogP contribution in [0.2, 0.25) is 0 Å². The van der Waals surface area contributed by atoms with Crippen LogP contribution < -0.4 is 10.6 Å². The normalized spacial score (nSPS) is 17.2. The van der Waals surface area contributed by atoms with E-state index in [1.807, 2.05) is 133 Å². The molecule has 4 aromatic carbocycles. The molecule has 6 nitrogen and oxygen atoms in total. The Morgan fingerprint density at radius 2 is 0.977 bits per heavy atom. The minimum atomic E-state index is -3.40. The van der Waals surface area contributed by atoms with Gasteiger partial charge in [0.1, 0.15) is 0 Å². The summed E-state index contributed by atoms with van der Waals surface area (Å²) in [6.45, 7) is 4.97. The molecule has 1 fully saturated rings. The number of thiocarbonyl (C=S) groups is 2. The van der Waals surface area contributed by atoms with E-state index < -0.39 is 21.9 Å². The summed E-state index contributed by atoms with van der Waals surface area (Å²) in [7, 11) is -3.40. The van der Waals surface area contributed by atoms with Gasteiger partial charge in [0.05, 0.1) is 23.6 Å². The topological polar surface area (TPSA) is 64.7 Å². The maximum Gasteiger partial charge on any atom is 0.174 e. The average molecular weight is 629 g/mol. The molecular formula is C34H36N4O2S3. The molecule has 0 spiro atoms. The molecule has 0 aromatic heterocycles. The zero-order valence-electron chi connectivity index (χ0n) is 24.3. The number of rotatable bonds is 8. The van der Waals surface area contributed by atoms with Gasteiger partial charge in [-0.05, 0) is 73.7 Å². The third-order valence-electron chi connectivity index (χ3n) is 7.61. The summed E-state index contributed by atoms with van der Waals surface area (Å²) < 4.78 is 26.8. The van der Waals surface area contributed by atoms with Crippen molar-refractivity contribution in [3.8, 4) is 0 Å². The summed E-state index contributed by atoms with van der Waals surface area (Å²) in [5.74, 6) is -0.0582. The Balaban J connectivity index is 1.51. The number of anilines is 2. The van der Waals surface area contributed by atoms with Gasteiger partial charge in [-0.15, -0.1) is 0 Å². The van der Waals surface area contributed by atoms with Gasteiger partial charge in [-0.3, -0.25) is 0 Å². The van der Waals surface area contributed by atoms with Crippen molar-refractivity contribution in [3.05, 3.63) is 131 Å². The van der Waals surface area contributed by atoms with Crippen LogP contribution in [-0.4, -0.2) is 52.0 Å². The smallest absolute Gasteiger partial charge is 0.174 e. The lowest BCUT2D eigenvalue weighted by Gasteiger charge is -2.40. The first-order valence-corrected chi connectivity index (χ1v) is 16.9. The molecule has 1 heterocycles. The van der Waals surface area contributed by atoms with Crippen LogP contribution in [0.4, 0.5) is 11.4 Å². The second-order valence-corrected chi connectivity index (χ2v) is 14.0. The molecular weight excluding hydrogens is 593 g/mol. The summed E-state index contributed by atoms with van der Waals surface area (Å²) in [6.07, 6.45) is 0. The molecule has 0 saturated carbocycles. The van der Waals surface area contributed by atoms with Crippen molar-refractivity contribution in [2.24, 2.45) is 0 Å². The Kier molecular flexibility index (Phi) is 9.75. The molecule has 1 aliphatic heterocycles. The minimum Gasteiger partial charge on any atom is -0.339 e. The van der Waals surface area contributed by atoms with Crippen LogP contribution in [0.15, 0.2) is 109 Å². The summed E-state index contributed by atoms with van der Waals surface area (Å²) >= 11 is 12.0. The molecule has 0 bridgehead atoms. The molecule has 5 rings (SSSR count). The average Bonchev–Trinajstić information content (AvgIpc) is 3.32. The highest BCUT2D eigenvalue weighted by atomic mass is 32.2. The van der Waals surface area contributed by atoms with Gasteiger partial charge in [0.2, 0.25) is 0 Å². The minimum absolute atomic E-state index is 0.0291. The predicted octanol–water partition coefficient (Wildman–Crippen LogP) is 6.57. The molecule has 222 valence electrons. The summed E-state index contributed by atoms with van der Waals surface area (Å²) in [5, 5.41) is 7.68. The van der Waals surface area contributed by atoms with E-state index in [9.17, 15) is 8.42 Å². The molecule has 43 heavy (non-hydrogen) atoms. The van der Waals surface area contributed by atoms with Gasteiger partial charge in [0.25, 0.3) is 0 Å². The molecule has 2 atom stereocenters. The van der Waals surface area contributed by atoms with Crippen molar-refractivity contribution in [3.63, 3.8) is 0 Å². The maximum absolute atomic E-state index is 13.4. The van der Waals surface area contributed by atoms with Crippen molar-refractivity contribution in [2.75, 3.05) is 22.1 Å². The van der Waals surface area contributed by atoms with Gasteiger partial charge in [-0.1, -0.05) is 96.1 Å². The van der Waals surface area contributed by atoms with E-state index in [0.29, 0.717) is 23.3 Å². The van der Waals surface area contributed by atoms with E-state index in [0.717, 1.165) is 33.6 Å². The van der Waals surface area contributed by atoms with E-state index in [1.165, 1.54) is 0 Å². The quantitative estimate of drug-likeness (QED) is 0.213. The van der Waals surface area contributed by atoms with Crippen LogP contribution in [0, 0.1) is 13.8 Å². The van der Waals surface area contributed by atoms with E-state index in [2.05, 4.69) is 10.6 Å². The number of hydrogen-bond donors (Lipinski definition) is 2. The standard InChI is InChI=1S/C34H36N4O2S3/c1-25-13-17-29(18-14-25)35-33(41)37(21-27-9-5-3-6-10-27)31-23-43(39,40)24-32(31)38(22-28-11-7-4-8-12-28)34(42)36-30-19-15-26(2)16-20-30/h3-20,31-32H,21-24H2,1-2H3,(H,35,41)(H,36,42)/t31-,32-/m1/s1. The predicted molar refractivity (Wildman–Crippen MR) is 185 cm³/mol. The molecule has 4 aromatic rings. The number of nitrogens with zero attached hydrogens (tertiary/aromatic N) is 2. The Morgan fingerprint density at radius 1 is 0.628 bits per heavy atom. The summed E-state index contributed by atoms with van der Waals surface area (Å²) in [5.41, 5.74) is 6.06. The number of aryl methyl sites for hydroxylation is 2. The van der Waals surface area contributed by atoms with Gasteiger partial charge >= 0.3 is 0 Å². The van der Waals surface area contributed by atoms with Crippen LogP contribution in [0.25, 0.3) is 0 Å². The Hall–Kier alpha value is -3.79. The molecule has 2 N–H and O–H groups in total. The number of hydrogen-bond acceptors (Lipinski definition) is 4. The van der Waals surface area contributed by atoms with Crippen molar-refractivity contribution < 1.29 is 8.42 Å². The third kappa shape index (κ3) is 8.19. The van der Waals surface area contributed by atoms with Gasteiger partial charge in [-0.25, -0.2) is 8.42 Å². The lowest BCUT2D eigenvalue weighted by Crippen LogP contribution is -2.55. The zero-order chi connectivity index (χ0) is 30.4. The fourth-order valence-electron chi connectivity index (χ4n) is 5.31. The van der Waals surface area contributed by atoms with E-state index >= 15 is 0 Å². The summed E-state index contributed by atoms with van der Waals surface area (Å²) in [4.78, 5) is 4.04. The number of benzene rings is 4. The lowest BCUT2D eigenvalue weighted by atomic mass is 10.1. The lowest BCUT2D eigenvalue weighted by molar-refractivity contribution is 0.208. The van der Waals surface area contributed by atoms with E-state index in [4.69, 9.17) is 24.4 Å². The maximum atomic E-state index is 13.4. The second kappa shape index (κ2) is 13.7. The van der Waals surface area contributed by atoms with Crippen molar-refractivity contribution >= 4 is 55.9 Å². The van der Waals surface area contributed by atoms with Gasteiger partial charge in [-0.2, -0.15) is 0 Å². The Labute approximate surface area is 265 Å². The van der Waals surface area contributed by atoms with E-state index in [-0.39, 0.29) is 11.5 Å². The largest absolute Gasteiger partial charge is 0.339 e. The number of sulfone groups is 1. The van der Waals surface area contributed by atoms with Gasteiger partial charge in [0.15, 0.2) is 20.1 Å². The van der Waals surface area contributed by atoms with Crippen LogP contribution >= 0.6 is 24.4 Å². The van der Waals surface area contributed by atoms with Crippen molar-refractivity contribution in [1.29, 1.82) is 0 Å². The number of nitrogens with one attached hydrogen (secondary N) is 2. The molecule has 0 radical (unpaired) electrons. The fraction of sp³-hybridized carbons (Fsp3) is 0.235. The zero-order valence-corrected chi connectivity index (χ0v) is 26.8. The molecule has 0 amide bonds. The van der Waals surface area contributed by atoms with Crippen LogP contribution in [0.3, 0.4) is 0 Å². The van der Waals surface area contributed by atoms with Crippen LogP contribution in [0.5, 0.6) is 0 Å². The van der Waals surface area contributed by atoms with Crippen molar-refractivity contribution in [1.82, 2.24) is 9.80 Å². The highest BCUT2D eigenvalue weighted by Crippen LogP contribution is 2.28. The molecule has 0 aliphatic carbocycles. The van der Waals surface area contributed by atoms with Crippen LogP contribution in [-0.2, 0) is 22.9 Å². The fourth-order valence-corrected chi connectivity index (χ4v) is 7.93. The molecule has 9 heteroatoms. The van der Waals surface area contributed by atoms with E-state index in [1.54, 1.807) is 0 Å². The highest BCUT2D eigenvalue weighted by molar-refractivity contribution is 7.91. The molecule has 1 aliphatic rings. The van der Waals surface area contributed by atoms with Gasteiger partial charge in [0, 0.05) is 24.5 Å². The molecule has 0 unspecified atom stereocenters. The summed E-state index contributed by atoms with van der Waals surface area (Å²) in [6, 6.07) is 35.1. The first-order valence-electron chi connectivity index (χ1n) is 14.2. The van der Waals surface area contributed by atoms with Gasteiger partial charge < -0.3 is 20.4 Å². The highest BCUT2D eigenvalue weighted by Gasteiger charge is 2.45. The Morgan fingerprint density at radius 3 is 1.33 bits per heavy atom.